The van der Waals surface area contributed by atoms with Gasteiger partial charge >= 0.3 is 0 Å². The van der Waals surface area contributed by atoms with Crippen molar-refractivity contribution in [3.8, 4) is 0 Å². The Morgan fingerprint density at radius 3 is 2.36 bits per heavy atom. The first-order valence-corrected chi connectivity index (χ1v) is 4.55. The fourth-order valence-electron chi connectivity index (χ4n) is 2.24. The summed E-state index contributed by atoms with van der Waals surface area (Å²) in [6.07, 6.45) is 6.14. The van der Waals surface area contributed by atoms with Crippen molar-refractivity contribution in [1.29, 1.82) is 0 Å². The summed E-state index contributed by atoms with van der Waals surface area (Å²) in [6.45, 7) is 4.15. The van der Waals surface area contributed by atoms with E-state index in [0.717, 1.165) is 6.42 Å². The van der Waals surface area contributed by atoms with E-state index in [-0.39, 0.29) is 11.5 Å². The summed E-state index contributed by atoms with van der Waals surface area (Å²) in [6, 6.07) is 0. The van der Waals surface area contributed by atoms with Gasteiger partial charge in [-0.1, -0.05) is 19.8 Å². The molecule has 0 amide bonds. The minimum atomic E-state index is 0.00926. The minimum absolute atomic E-state index is 0.00926. The van der Waals surface area contributed by atoms with Gasteiger partial charge in [0.2, 0.25) is 0 Å². The quantitative estimate of drug-likeness (QED) is 0.505. The van der Waals surface area contributed by atoms with Crippen LogP contribution in [-0.2, 0) is 4.89 Å². The molecule has 2 heteroatoms. The number of rotatable bonds is 3. The third-order valence-electron chi connectivity index (χ3n) is 3.32. The topological polar surface area (TPSA) is 29.5 Å². The highest BCUT2D eigenvalue weighted by Gasteiger charge is 2.38. The Hall–Kier alpha value is -0.0800. The van der Waals surface area contributed by atoms with Crippen molar-refractivity contribution in [2.24, 2.45) is 5.41 Å². The van der Waals surface area contributed by atoms with E-state index in [1.54, 1.807) is 0 Å². The molecule has 0 radical (unpaired) electrons. The molecule has 0 aromatic heterocycles. The van der Waals surface area contributed by atoms with Gasteiger partial charge in [-0.05, 0) is 31.6 Å². The standard InChI is InChI=1S/C9H18O2/c1-3-9(8(2)11-10)6-4-5-7-9/h8,10H,3-7H2,1-2H3. The molecule has 66 valence electrons. The van der Waals surface area contributed by atoms with E-state index in [2.05, 4.69) is 11.8 Å². The van der Waals surface area contributed by atoms with Gasteiger partial charge in [-0.2, -0.15) is 0 Å². The van der Waals surface area contributed by atoms with Crippen LogP contribution in [0.25, 0.3) is 0 Å². The van der Waals surface area contributed by atoms with E-state index in [1.165, 1.54) is 25.7 Å². The van der Waals surface area contributed by atoms with Crippen molar-refractivity contribution in [2.45, 2.75) is 52.1 Å². The molecule has 0 spiro atoms. The first-order valence-electron chi connectivity index (χ1n) is 4.55. The zero-order chi connectivity index (χ0) is 8.32. The second kappa shape index (κ2) is 3.55. The SMILES string of the molecule is CCC1(C(C)OO)CCCC1. The van der Waals surface area contributed by atoms with Crippen molar-refractivity contribution in [3.63, 3.8) is 0 Å². The third-order valence-corrected chi connectivity index (χ3v) is 3.32. The van der Waals surface area contributed by atoms with Gasteiger partial charge in [0.25, 0.3) is 0 Å². The first kappa shape index (κ1) is 9.01. The molecule has 11 heavy (non-hydrogen) atoms. The van der Waals surface area contributed by atoms with Crippen LogP contribution in [0.4, 0.5) is 0 Å². The van der Waals surface area contributed by atoms with Crippen LogP contribution < -0.4 is 0 Å². The second-order valence-corrected chi connectivity index (χ2v) is 3.67. The van der Waals surface area contributed by atoms with Crippen LogP contribution in [0.3, 0.4) is 0 Å². The van der Waals surface area contributed by atoms with Gasteiger partial charge in [-0.3, -0.25) is 5.26 Å². The molecule has 0 heterocycles. The summed E-state index contributed by atoms with van der Waals surface area (Å²) < 4.78 is 0. The Kier molecular flexibility index (Phi) is 2.90. The van der Waals surface area contributed by atoms with Gasteiger partial charge in [0.15, 0.2) is 0 Å². The monoisotopic (exact) mass is 158 g/mol. The minimum Gasteiger partial charge on any atom is -0.252 e. The average Bonchev–Trinajstić information content (AvgIpc) is 2.52. The highest BCUT2D eigenvalue weighted by Crippen LogP contribution is 2.44. The number of hydrogen-bond donors (Lipinski definition) is 1. The van der Waals surface area contributed by atoms with E-state index >= 15 is 0 Å². The lowest BCUT2D eigenvalue weighted by Gasteiger charge is -2.31. The lowest BCUT2D eigenvalue weighted by Crippen LogP contribution is -2.31. The van der Waals surface area contributed by atoms with Gasteiger partial charge in [-0.25, -0.2) is 4.89 Å². The average molecular weight is 158 g/mol. The van der Waals surface area contributed by atoms with Crippen LogP contribution in [0.1, 0.15) is 46.0 Å². The smallest absolute Gasteiger partial charge is 0.0955 e. The highest BCUT2D eigenvalue weighted by atomic mass is 17.1. The predicted molar refractivity (Wildman–Crippen MR) is 44.4 cm³/mol. The van der Waals surface area contributed by atoms with E-state index < -0.39 is 0 Å². The van der Waals surface area contributed by atoms with Crippen molar-refractivity contribution in [3.05, 3.63) is 0 Å². The molecule has 1 aliphatic rings. The van der Waals surface area contributed by atoms with Crippen molar-refractivity contribution in [2.75, 3.05) is 0 Å². The molecule has 1 aliphatic carbocycles. The number of hydrogen-bond acceptors (Lipinski definition) is 2. The molecule has 0 aliphatic heterocycles. The van der Waals surface area contributed by atoms with Gasteiger partial charge in [0.05, 0.1) is 6.10 Å². The summed E-state index contributed by atoms with van der Waals surface area (Å²) in [5.41, 5.74) is 0.273. The molecule has 1 unspecified atom stereocenters. The Labute approximate surface area is 68.5 Å². The fourth-order valence-corrected chi connectivity index (χ4v) is 2.24. The van der Waals surface area contributed by atoms with Gasteiger partial charge in [0, 0.05) is 0 Å². The summed E-state index contributed by atoms with van der Waals surface area (Å²) in [5, 5.41) is 8.59. The predicted octanol–water partition coefficient (Wildman–Crippen LogP) is 2.83. The van der Waals surface area contributed by atoms with E-state index in [9.17, 15) is 0 Å². The Bertz CT molecular complexity index is 117. The summed E-state index contributed by atoms with van der Waals surface area (Å²) in [7, 11) is 0. The van der Waals surface area contributed by atoms with Crippen LogP contribution in [0, 0.1) is 5.41 Å². The lowest BCUT2D eigenvalue weighted by molar-refractivity contribution is -0.299. The van der Waals surface area contributed by atoms with Crippen LogP contribution in [0.5, 0.6) is 0 Å². The molecule has 0 bridgehead atoms. The summed E-state index contributed by atoms with van der Waals surface area (Å²) >= 11 is 0. The lowest BCUT2D eigenvalue weighted by atomic mass is 9.79. The molecule has 0 aromatic rings. The molecule has 1 N–H and O–H groups in total. The maximum absolute atomic E-state index is 8.59. The van der Waals surface area contributed by atoms with Gasteiger partial charge in [-0.15, -0.1) is 0 Å². The maximum Gasteiger partial charge on any atom is 0.0955 e. The van der Waals surface area contributed by atoms with Crippen LogP contribution in [0.2, 0.25) is 0 Å². The molecule has 1 fully saturated rings. The van der Waals surface area contributed by atoms with Gasteiger partial charge < -0.3 is 0 Å². The van der Waals surface area contributed by atoms with Crippen LogP contribution in [0.15, 0.2) is 0 Å². The largest absolute Gasteiger partial charge is 0.252 e. The van der Waals surface area contributed by atoms with Gasteiger partial charge in [0.1, 0.15) is 0 Å². The van der Waals surface area contributed by atoms with E-state index in [1.807, 2.05) is 6.92 Å². The molecule has 0 aromatic carbocycles. The second-order valence-electron chi connectivity index (χ2n) is 3.67. The molecular weight excluding hydrogens is 140 g/mol. The van der Waals surface area contributed by atoms with E-state index in [4.69, 9.17) is 5.26 Å². The highest BCUT2D eigenvalue weighted by molar-refractivity contribution is 4.87. The normalized spacial score (nSPS) is 25.4. The molecule has 2 nitrogen and oxygen atoms in total. The van der Waals surface area contributed by atoms with E-state index in [0.29, 0.717) is 0 Å². The zero-order valence-electron chi connectivity index (χ0n) is 7.47. The Morgan fingerprint density at radius 1 is 1.45 bits per heavy atom. The first-order chi connectivity index (χ1) is 5.25. The Morgan fingerprint density at radius 2 is 2.00 bits per heavy atom. The van der Waals surface area contributed by atoms with Crippen LogP contribution in [-0.4, -0.2) is 11.4 Å². The molecule has 1 atom stereocenters. The fraction of sp³-hybridized carbons (Fsp3) is 1.00. The molecular formula is C9H18O2. The van der Waals surface area contributed by atoms with Crippen molar-refractivity contribution < 1.29 is 10.1 Å². The van der Waals surface area contributed by atoms with Crippen LogP contribution >= 0.6 is 0 Å². The maximum atomic E-state index is 8.59. The molecule has 0 saturated heterocycles. The third kappa shape index (κ3) is 1.57. The summed E-state index contributed by atoms with van der Waals surface area (Å²) in [4.78, 5) is 4.43. The van der Waals surface area contributed by atoms with Crippen molar-refractivity contribution >= 4 is 0 Å². The molecule has 1 rings (SSSR count). The Balaban J connectivity index is 2.58. The van der Waals surface area contributed by atoms with Crippen molar-refractivity contribution in [1.82, 2.24) is 0 Å². The summed E-state index contributed by atoms with van der Waals surface area (Å²) in [5.74, 6) is 0. The zero-order valence-corrected chi connectivity index (χ0v) is 7.47. The molecule has 1 saturated carbocycles.